The Morgan fingerprint density at radius 2 is 2.21 bits per heavy atom. The molecule has 1 saturated heterocycles. The second-order valence-electron chi connectivity index (χ2n) is 5.11. The Hall–Kier alpha value is -1.60. The van der Waals surface area contributed by atoms with E-state index in [1.165, 1.54) is 36.9 Å². The molecular formula is C18H23N. The maximum Gasteiger partial charge on any atom is 0.0107 e. The lowest BCUT2D eigenvalue weighted by atomic mass is 9.95. The topological polar surface area (TPSA) is 12.0 Å². The van der Waals surface area contributed by atoms with Crippen molar-refractivity contribution in [3.8, 4) is 0 Å². The molecule has 1 aromatic rings. The van der Waals surface area contributed by atoms with Gasteiger partial charge in [0.1, 0.15) is 0 Å². The second kappa shape index (κ2) is 7.10. The van der Waals surface area contributed by atoms with Gasteiger partial charge in [-0.1, -0.05) is 62.1 Å². The lowest BCUT2D eigenvalue weighted by molar-refractivity contribution is 0.399. The molecule has 1 aliphatic heterocycles. The zero-order valence-electron chi connectivity index (χ0n) is 11.6. The fourth-order valence-corrected chi connectivity index (χ4v) is 2.67. The first-order valence-corrected chi connectivity index (χ1v) is 7.11. The third-order valence-electron chi connectivity index (χ3n) is 3.67. The molecule has 100 valence electrons. The van der Waals surface area contributed by atoms with E-state index in [9.17, 15) is 0 Å². The highest BCUT2D eigenvalue weighted by Crippen LogP contribution is 2.19. The van der Waals surface area contributed by atoms with E-state index in [2.05, 4.69) is 42.7 Å². The summed E-state index contributed by atoms with van der Waals surface area (Å²) in [4.78, 5) is 0. The maximum absolute atomic E-state index is 3.87. The second-order valence-corrected chi connectivity index (χ2v) is 5.11. The van der Waals surface area contributed by atoms with Crippen LogP contribution in [0.3, 0.4) is 0 Å². The van der Waals surface area contributed by atoms with Crippen molar-refractivity contribution in [3.05, 3.63) is 66.8 Å². The molecule has 0 spiro atoms. The van der Waals surface area contributed by atoms with Crippen LogP contribution in [-0.4, -0.2) is 12.6 Å². The third kappa shape index (κ3) is 3.93. The average molecular weight is 253 g/mol. The summed E-state index contributed by atoms with van der Waals surface area (Å²) in [5.41, 5.74) is 3.75. The molecule has 2 rings (SSSR count). The Balaban J connectivity index is 2.11. The van der Waals surface area contributed by atoms with Crippen molar-refractivity contribution >= 4 is 5.57 Å². The largest absolute Gasteiger partial charge is 0.314 e. The molecule has 1 atom stereocenters. The smallest absolute Gasteiger partial charge is 0.0107 e. The predicted molar refractivity (Wildman–Crippen MR) is 84.2 cm³/mol. The zero-order valence-corrected chi connectivity index (χ0v) is 11.6. The minimum atomic E-state index is 0.638. The number of allylic oxidation sites excluding steroid dienone is 4. The first kappa shape index (κ1) is 13.8. The molecule has 1 aliphatic rings. The lowest BCUT2D eigenvalue weighted by Gasteiger charge is -2.23. The Morgan fingerprint density at radius 1 is 1.32 bits per heavy atom. The summed E-state index contributed by atoms with van der Waals surface area (Å²) in [6, 6.07) is 9.39. The first-order chi connectivity index (χ1) is 9.33. The van der Waals surface area contributed by atoms with Gasteiger partial charge in [-0.05, 0) is 42.5 Å². The van der Waals surface area contributed by atoms with Crippen molar-refractivity contribution in [2.75, 3.05) is 6.54 Å². The van der Waals surface area contributed by atoms with Crippen LogP contribution in [0.5, 0.6) is 0 Å². The standard InChI is InChI=1S/C18H23N/c1-3-8-16(4-2)17-10-7-9-15(13-17)14-18-11-5-6-12-19-18/h3-4,7-10,13,18-19H,1-2,5-6,11-12,14H2/b16-8+. The van der Waals surface area contributed by atoms with Crippen LogP contribution in [0, 0.1) is 0 Å². The fourth-order valence-electron chi connectivity index (χ4n) is 2.67. The van der Waals surface area contributed by atoms with E-state index in [-0.39, 0.29) is 0 Å². The van der Waals surface area contributed by atoms with Crippen molar-refractivity contribution in [2.45, 2.75) is 31.7 Å². The number of hydrogen-bond donors (Lipinski definition) is 1. The normalized spacial score (nSPS) is 20.0. The van der Waals surface area contributed by atoms with Crippen molar-refractivity contribution < 1.29 is 0 Å². The Bertz CT molecular complexity index is 464. The van der Waals surface area contributed by atoms with E-state index in [4.69, 9.17) is 0 Å². The van der Waals surface area contributed by atoms with Gasteiger partial charge in [0, 0.05) is 6.04 Å². The van der Waals surface area contributed by atoms with Gasteiger partial charge >= 0.3 is 0 Å². The quantitative estimate of drug-likeness (QED) is 0.778. The van der Waals surface area contributed by atoms with Crippen LogP contribution in [0.15, 0.2) is 55.7 Å². The predicted octanol–water partition coefficient (Wildman–Crippen LogP) is 4.13. The van der Waals surface area contributed by atoms with Gasteiger partial charge in [-0.3, -0.25) is 0 Å². The van der Waals surface area contributed by atoms with Gasteiger partial charge in [0.05, 0.1) is 0 Å². The molecule has 0 aromatic heterocycles. The van der Waals surface area contributed by atoms with E-state index >= 15 is 0 Å². The maximum atomic E-state index is 3.87. The van der Waals surface area contributed by atoms with Gasteiger partial charge in [0.15, 0.2) is 0 Å². The van der Waals surface area contributed by atoms with Gasteiger partial charge in [-0.25, -0.2) is 0 Å². The molecule has 1 unspecified atom stereocenters. The van der Waals surface area contributed by atoms with E-state index in [0.717, 1.165) is 12.0 Å². The molecule has 1 fully saturated rings. The highest BCUT2D eigenvalue weighted by Gasteiger charge is 2.13. The molecule has 0 saturated carbocycles. The van der Waals surface area contributed by atoms with Gasteiger partial charge in [-0.2, -0.15) is 0 Å². The number of hydrogen-bond acceptors (Lipinski definition) is 1. The summed E-state index contributed by atoms with van der Waals surface area (Å²) >= 11 is 0. The average Bonchev–Trinajstić information content (AvgIpc) is 2.46. The fraction of sp³-hybridized carbons (Fsp3) is 0.333. The zero-order chi connectivity index (χ0) is 13.5. The summed E-state index contributed by atoms with van der Waals surface area (Å²) in [5.74, 6) is 0. The molecule has 1 heterocycles. The highest BCUT2D eigenvalue weighted by atomic mass is 14.9. The minimum absolute atomic E-state index is 0.638. The van der Waals surface area contributed by atoms with Crippen LogP contribution in [0.25, 0.3) is 5.57 Å². The van der Waals surface area contributed by atoms with Gasteiger partial charge in [0.25, 0.3) is 0 Å². The van der Waals surface area contributed by atoms with E-state index in [1.54, 1.807) is 0 Å². The van der Waals surface area contributed by atoms with Crippen molar-refractivity contribution in [1.29, 1.82) is 0 Å². The van der Waals surface area contributed by atoms with Gasteiger partial charge < -0.3 is 5.32 Å². The Morgan fingerprint density at radius 3 is 2.89 bits per heavy atom. The first-order valence-electron chi connectivity index (χ1n) is 7.11. The molecule has 0 amide bonds. The van der Waals surface area contributed by atoms with Crippen LogP contribution in [0.1, 0.15) is 30.4 Å². The van der Waals surface area contributed by atoms with Crippen LogP contribution in [0.2, 0.25) is 0 Å². The van der Waals surface area contributed by atoms with Gasteiger partial charge in [-0.15, -0.1) is 0 Å². The third-order valence-corrected chi connectivity index (χ3v) is 3.67. The lowest BCUT2D eigenvalue weighted by Crippen LogP contribution is -2.35. The van der Waals surface area contributed by atoms with Crippen LogP contribution in [0.4, 0.5) is 0 Å². The molecule has 0 radical (unpaired) electrons. The molecule has 1 aromatic carbocycles. The van der Waals surface area contributed by atoms with Crippen LogP contribution in [-0.2, 0) is 6.42 Å². The number of benzene rings is 1. The number of piperidine rings is 1. The summed E-state index contributed by atoms with van der Waals surface area (Å²) < 4.78 is 0. The number of rotatable bonds is 5. The molecule has 1 heteroatoms. The molecule has 0 bridgehead atoms. The van der Waals surface area contributed by atoms with Crippen LogP contribution < -0.4 is 5.32 Å². The number of nitrogens with one attached hydrogen (secondary N) is 1. The molecule has 1 N–H and O–H groups in total. The van der Waals surface area contributed by atoms with Crippen LogP contribution >= 0.6 is 0 Å². The van der Waals surface area contributed by atoms with E-state index < -0.39 is 0 Å². The monoisotopic (exact) mass is 253 g/mol. The summed E-state index contributed by atoms with van der Waals surface area (Å²) in [6.07, 6.45) is 10.8. The van der Waals surface area contributed by atoms with Crippen molar-refractivity contribution in [3.63, 3.8) is 0 Å². The summed E-state index contributed by atoms with van der Waals surface area (Å²) in [5, 5.41) is 3.60. The van der Waals surface area contributed by atoms with E-state index in [0.29, 0.717) is 6.04 Å². The van der Waals surface area contributed by atoms with E-state index in [1.807, 2.05) is 18.2 Å². The molecule has 1 nitrogen and oxygen atoms in total. The summed E-state index contributed by atoms with van der Waals surface area (Å²) in [6.45, 7) is 8.79. The Kier molecular flexibility index (Phi) is 5.17. The Labute approximate surface area is 116 Å². The van der Waals surface area contributed by atoms with Crippen molar-refractivity contribution in [1.82, 2.24) is 5.32 Å². The molecule has 19 heavy (non-hydrogen) atoms. The molecule has 0 aliphatic carbocycles. The van der Waals surface area contributed by atoms with Gasteiger partial charge in [0.2, 0.25) is 0 Å². The SMILES string of the molecule is C=C/C=C(\C=C)c1cccc(CC2CCCCN2)c1. The minimum Gasteiger partial charge on any atom is -0.314 e. The molecular weight excluding hydrogens is 230 g/mol. The van der Waals surface area contributed by atoms with Crippen molar-refractivity contribution in [2.24, 2.45) is 0 Å². The summed E-state index contributed by atoms with van der Waals surface area (Å²) in [7, 11) is 0. The highest BCUT2D eigenvalue weighted by molar-refractivity contribution is 5.74.